The second kappa shape index (κ2) is 10.3. The van der Waals surface area contributed by atoms with Crippen molar-refractivity contribution in [3.05, 3.63) is 33.8 Å². The van der Waals surface area contributed by atoms with Gasteiger partial charge in [-0.25, -0.2) is 10.2 Å². The first-order valence-electron chi connectivity index (χ1n) is 10.5. The third kappa shape index (κ3) is 5.50. The highest BCUT2D eigenvalue weighted by molar-refractivity contribution is 9.10. The summed E-state index contributed by atoms with van der Waals surface area (Å²) >= 11 is 3.52. The van der Waals surface area contributed by atoms with E-state index in [0.29, 0.717) is 49.3 Å². The van der Waals surface area contributed by atoms with Crippen molar-refractivity contribution in [2.24, 2.45) is 5.10 Å². The summed E-state index contributed by atoms with van der Waals surface area (Å²) in [6.45, 7) is 3.52. The molecule has 2 aliphatic heterocycles. The largest absolute Gasteiger partial charge is 0.435 e. The van der Waals surface area contributed by atoms with E-state index in [4.69, 9.17) is 4.74 Å². The highest BCUT2D eigenvalue weighted by atomic mass is 79.9. The molecule has 2 aliphatic rings. The van der Waals surface area contributed by atoms with Crippen LogP contribution in [0.4, 0.5) is 4.79 Å². The first-order chi connectivity index (χ1) is 15.7. The lowest BCUT2D eigenvalue weighted by atomic mass is 9.82. The maximum atomic E-state index is 12.1. The molecule has 1 spiro atoms. The number of hydrogen-bond donors (Lipinski definition) is 4. The molecule has 1 saturated heterocycles. The van der Waals surface area contributed by atoms with Crippen molar-refractivity contribution >= 4 is 45.5 Å². The number of amides is 4. The van der Waals surface area contributed by atoms with Gasteiger partial charge in [0, 0.05) is 68.2 Å². The summed E-state index contributed by atoms with van der Waals surface area (Å²) in [5, 5.41) is 11.9. The molecule has 33 heavy (non-hydrogen) atoms. The molecular formula is C21H27BrN6O5. The van der Waals surface area contributed by atoms with Crippen LogP contribution in [0.25, 0.3) is 0 Å². The average molecular weight is 523 g/mol. The second-order valence-electron chi connectivity index (χ2n) is 7.98. The fourth-order valence-corrected chi connectivity index (χ4v) is 4.46. The van der Waals surface area contributed by atoms with Crippen molar-refractivity contribution in [3.8, 4) is 0 Å². The lowest BCUT2D eigenvalue weighted by Gasteiger charge is -2.43. The molecule has 1 atom stereocenters. The van der Waals surface area contributed by atoms with Gasteiger partial charge in [0.15, 0.2) is 5.60 Å². The summed E-state index contributed by atoms with van der Waals surface area (Å²) in [6.07, 6.45) is 0.329. The summed E-state index contributed by atoms with van der Waals surface area (Å²) in [7, 11) is 2.96. The second-order valence-corrected chi connectivity index (χ2v) is 8.84. The Labute approximate surface area is 199 Å². The van der Waals surface area contributed by atoms with Gasteiger partial charge in [0.1, 0.15) is 5.71 Å². The van der Waals surface area contributed by atoms with E-state index in [-0.39, 0.29) is 11.9 Å². The quantitative estimate of drug-likeness (QED) is 0.411. The number of benzene rings is 1. The molecule has 0 saturated carbocycles. The lowest BCUT2D eigenvalue weighted by molar-refractivity contribution is -0.139. The van der Waals surface area contributed by atoms with E-state index in [1.54, 1.807) is 25.2 Å². The maximum Gasteiger partial charge on any atom is 0.428 e. The Morgan fingerprint density at radius 1 is 1.21 bits per heavy atom. The minimum absolute atomic E-state index is 0.234. The topological polar surface area (TPSA) is 141 Å². The fraction of sp³-hybridized carbons (Fsp3) is 0.476. The number of ether oxygens (including phenoxy) is 1. The number of nitrogens with one attached hydrogen (secondary N) is 4. The summed E-state index contributed by atoms with van der Waals surface area (Å²) in [5.41, 5.74) is 3.10. The highest BCUT2D eigenvalue weighted by Crippen LogP contribution is 2.35. The number of rotatable bonds is 5. The van der Waals surface area contributed by atoms with E-state index >= 15 is 0 Å². The zero-order chi connectivity index (χ0) is 24.2. The van der Waals surface area contributed by atoms with Gasteiger partial charge in [0.05, 0.1) is 0 Å². The molecule has 1 aromatic carbocycles. The number of hydrogen-bond acceptors (Lipinski definition) is 7. The molecule has 11 nitrogen and oxygen atoms in total. The molecule has 0 unspecified atom stereocenters. The number of carbonyl (C=O) groups excluding carboxylic acids is 4. The minimum atomic E-state index is -0.947. The van der Waals surface area contributed by atoms with Crippen LogP contribution in [0, 0.1) is 0 Å². The lowest BCUT2D eigenvalue weighted by Crippen LogP contribution is -2.57. The van der Waals surface area contributed by atoms with Crippen molar-refractivity contribution in [2.45, 2.75) is 31.4 Å². The van der Waals surface area contributed by atoms with Gasteiger partial charge in [-0.15, -0.1) is 0 Å². The zero-order valence-electron chi connectivity index (χ0n) is 18.7. The maximum absolute atomic E-state index is 12.1. The third-order valence-electron chi connectivity index (χ3n) is 5.70. The van der Waals surface area contributed by atoms with Crippen molar-refractivity contribution < 1.29 is 23.9 Å². The van der Waals surface area contributed by atoms with Crippen LogP contribution in [0.2, 0.25) is 0 Å². The number of likely N-dealkylation sites (N-methyl/N-ethyl adjacent to an activating group) is 1. The van der Waals surface area contributed by atoms with Crippen molar-refractivity contribution in [1.82, 2.24) is 26.3 Å². The summed E-state index contributed by atoms with van der Waals surface area (Å²) in [4.78, 5) is 49.5. The Morgan fingerprint density at radius 3 is 2.55 bits per heavy atom. The number of halogens is 1. The van der Waals surface area contributed by atoms with E-state index < -0.39 is 23.5 Å². The van der Waals surface area contributed by atoms with Gasteiger partial charge < -0.3 is 25.6 Å². The van der Waals surface area contributed by atoms with Crippen molar-refractivity contribution in [1.29, 1.82) is 0 Å². The molecule has 12 heteroatoms. The molecule has 2 heterocycles. The molecule has 3 rings (SSSR count). The van der Waals surface area contributed by atoms with E-state index in [1.807, 2.05) is 6.92 Å². The zero-order valence-corrected chi connectivity index (χ0v) is 20.2. The van der Waals surface area contributed by atoms with Gasteiger partial charge in [0.25, 0.3) is 5.91 Å². The van der Waals surface area contributed by atoms with Crippen LogP contribution in [-0.4, -0.2) is 79.8 Å². The molecule has 0 bridgehead atoms. The van der Waals surface area contributed by atoms with Crippen LogP contribution in [0.1, 0.15) is 35.7 Å². The van der Waals surface area contributed by atoms with Crippen LogP contribution in [0.3, 0.4) is 0 Å². The van der Waals surface area contributed by atoms with Crippen LogP contribution in [-0.2, 0) is 14.3 Å². The van der Waals surface area contributed by atoms with Crippen LogP contribution in [0.5, 0.6) is 0 Å². The number of piperidine rings is 1. The monoisotopic (exact) mass is 522 g/mol. The fourth-order valence-electron chi connectivity index (χ4n) is 4.02. The Morgan fingerprint density at radius 2 is 1.91 bits per heavy atom. The molecule has 1 aromatic rings. The number of carbonyl (C=O) groups is 4. The van der Waals surface area contributed by atoms with E-state index in [0.717, 1.165) is 4.47 Å². The molecule has 0 aliphatic carbocycles. The predicted octanol–water partition coefficient (Wildman–Crippen LogP) is 0.338. The Balaban J connectivity index is 1.75. The predicted molar refractivity (Wildman–Crippen MR) is 124 cm³/mol. The summed E-state index contributed by atoms with van der Waals surface area (Å²) in [6, 6.07) is 4.93. The van der Waals surface area contributed by atoms with Gasteiger partial charge in [0.2, 0.25) is 0 Å². The number of hydrazone groups is 1. The normalized spacial score (nSPS) is 18.4. The smallest absolute Gasteiger partial charge is 0.428 e. The highest BCUT2D eigenvalue weighted by Gasteiger charge is 2.46. The Hall–Kier alpha value is -2.99. The van der Waals surface area contributed by atoms with Gasteiger partial charge in [-0.05, 0) is 25.1 Å². The molecule has 4 amide bonds. The average Bonchev–Trinajstić information content (AvgIpc) is 2.80. The molecule has 178 valence electrons. The van der Waals surface area contributed by atoms with Crippen LogP contribution >= 0.6 is 15.9 Å². The van der Waals surface area contributed by atoms with E-state index in [2.05, 4.69) is 47.3 Å². The standard InChI is InChI=1S/C21H27BrN6O5/c1-12(25-19(31)18(30)24-3)11-28-8-6-21(7-9-28)16(26-27-20(32)33-21)14-10-13(17(29)23-2)4-5-15(14)22/h4-5,10,12H,6-9,11H2,1-3H3,(H,23,29)(H,24,30)(H,25,31)(H,27,32)/t12-/m0/s1. The minimum Gasteiger partial charge on any atom is -0.435 e. The number of likely N-dealkylation sites (tertiary alicyclic amines) is 1. The Kier molecular flexibility index (Phi) is 7.69. The van der Waals surface area contributed by atoms with Gasteiger partial charge >= 0.3 is 17.9 Å². The summed E-state index contributed by atoms with van der Waals surface area (Å²) < 4.78 is 6.50. The van der Waals surface area contributed by atoms with E-state index in [9.17, 15) is 19.2 Å². The van der Waals surface area contributed by atoms with Gasteiger partial charge in [-0.2, -0.15) is 5.10 Å². The van der Waals surface area contributed by atoms with Crippen LogP contribution < -0.4 is 21.4 Å². The molecule has 4 N–H and O–H groups in total. The first kappa shape index (κ1) is 24.6. The molecule has 0 radical (unpaired) electrons. The van der Waals surface area contributed by atoms with E-state index in [1.165, 1.54) is 7.05 Å². The van der Waals surface area contributed by atoms with Gasteiger partial charge in [-0.3, -0.25) is 14.4 Å². The Bertz CT molecular complexity index is 989. The summed E-state index contributed by atoms with van der Waals surface area (Å²) in [5.74, 6) is -1.60. The van der Waals surface area contributed by atoms with Crippen LogP contribution in [0.15, 0.2) is 27.8 Å². The van der Waals surface area contributed by atoms with Crippen molar-refractivity contribution in [3.63, 3.8) is 0 Å². The molecule has 1 fully saturated rings. The number of nitrogens with zero attached hydrogens (tertiary/aromatic N) is 2. The molecular weight excluding hydrogens is 496 g/mol. The molecule has 0 aromatic heterocycles. The van der Waals surface area contributed by atoms with Gasteiger partial charge in [-0.1, -0.05) is 15.9 Å². The SMILES string of the molecule is CNC(=O)C(=O)N[C@@H](C)CN1CCC2(CC1)OC(=O)NN=C2c1cc(C(=O)NC)ccc1Br. The third-order valence-corrected chi connectivity index (χ3v) is 6.39. The first-order valence-corrected chi connectivity index (χ1v) is 11.3. The van der Waals surface area contributed by atoms with Crippen molar-refractivity contribution in [2.75, 3.05) is 33.7 Å².